The van der Waals surface area contributed by atoms with Gasteiger partial charge in [-0.15, -0.1) is 0 Å². The first-order chi connectivity index (χ1) is 18.3. The van der Waals surface area contributed by atoms with Crippen molar-refractivity contribution < 1.29 is 14.3 Å². The number of anilines is 1. The highest BCUT2D eigenvalue weighted by molar-refractivity contribution is 6.41. The molecule has 1 fully saturated rings. The number of nitrogens with one attached hydrogen (secondary N) is 2. The van der Waals surface area contributed by atoms with E-state index in [0.29, 0.717) is 53.7 Å². The summed E-state index contributed by atoms with van der Waals surface area (Å²) in [4.78, 5) is 36.9. The first kappa shape index (κ1) is 27.7. The van der Waals surface area contributed by atoms with Crippen LogP contribution in [0.2, 0.25) is 10.0 Å². The van der Waals surface area contributed by atoms with Crippen LogP contribution in [0.1, 0.15) is 12.8 Å². The van der Waals surface area contributed by atoms with E-state index in [4.69, 9.17) is 32.7 Å². The van der Waals surface area contributed by atoms with Crippen molar-refractivity contribution in [1.82, 2.24) is 24.8 Å². The van der Waals surface area contributed by atoms with Crippen molar-refractivity contribution in [3.63, 3.8) is 0 Å². The van der Waals surface area contributed by atoms with E-state index in [9.17, 15) is 9.59 Å². The molecule has 1 amide bonds. The number of likely N-dealkylation sites (tertiary alicyclic amines) is 1. The molecule has 1 saturated heterocycles. The summed E-state index contributed by atoms with van der Waals surface area (Å²) >= 11 is 13.3. The smallest absolute Gasteiger partial charge is 0.260 e. The van der Waals surface area contributed by atoms with Gasteiger partial charge in [0, 0.05) is 55.9 Å². The second-order valence-corrected chi connectivity index (χ2v) is 9.63. The van der Waals surface area contributed by atoms with Crippen LogP contribution in [0.15, 0.2) is 35.8 Å². The van der Waals surface area contributed by atoms with Crippen LogP contribution in [0, 0.1) is 0 Å². The summed E-state index contributed by atoms with van der Waals surface area (Å²) in [6, 6.07) is 3.28. The highest BCUT2D eigenvalue weighted by atomic mass is 35.5. The second kappa shape index (κ2) is 12.0. The molecule has 3 aromatic rings. The lowest BCUT2D eigenvalue weighted by molar-refractivity contribution is -0.117. The third kappa shape index (κ3) is 5.57. The standard InChI is InChI=1S/C26H30Cl2N6O4/c1-5-20(35)31-16-7-6-8-33(14-16)9-10-34-24-15(13-30-26(29-2)32-24)11-17(25(34)36)21-22(27)18(37-3)12-19(38-4)23(21)28/h5,11-13,16H,1,6-10,14H2,2-4H3,(H,31,35)(H,29,30,32). The number of carbonyl (C=O) groups is 1. The zero-order chi connectivity index (χ0) is 27.4. The number of pyridine rings is 1. The van der Waals surface area contributed by atoms with Gasteiger partial charge in [0.2, 0.25) is 11.9 Å². The summed E-state index contributed by atoms with van der Waals surface area (Å²) in [6.07, 6.45) is 4.74. The molecule has 0 spiro atoms. The summed E-state index contributed by atoms with van der Waals surface area (Å²) in [7, 11) is 4.67. The van der Waals surface area contributed by atoms with Crippen LogP contribution >= 0.6 is 23.2 Å². The molecule has 1 aliphatic heterocycles. The third-order valence-electron chi connectivity index (χ3n) is 6.57. The van der Waals surface area contributed by atoms with E-state index in [-0.39, 0.29) is 33.1 Å². The topological polar surface area (TPSA) is 111 Å². The number of amides is 1. The fraction of sp³-hybridized carbons (Fsp3) is 0.385. The van der Waals surface area contributed by atoms with Gasteiger partial charge in [0.15, 0.2) is 0 Å². The Kier molecular flexibility index (Phi) is 8.76. The SMILES string of the molecule is C=CC(=O)NC1CCCN(CCn2c(=O)c(-c3c(Cl)c(OC)cc(OC)c3Cl)cc3cnc(NC)nc32)C1. The quantitative estimate of drug-likeness (QED) is 0.382. The molecule has 10 nitrogen and oxygen atoms in total. The number of piperidine rings is 1. The molecule has 2 N–H and O–H groups in total. The van der Waals surface area contributed by atoms with Crippen molar-refractivity contribution in [2.45, 2.75) is 25.4 Å². The van der Waals surface area contributed by atoms with Gasteiger partial charge in [-0.2, -0.15) is 4.98 Å². The van der Waals surface area contributed by atoms with Gasteiger partial charge >= 0.3 is 0 Å². The van der Waals surface area contributed by atoms with E-state index in [0.717, 1.165) is 19.4 Å². The molecule has 0 bridgehead atoms. The third-order valence-corrected chi connectivity index (χ3v) is 7.32. The molecule has 1 atom stereocenters. The molecule has 1 aliphatic rings. The van der Waals surface area contributed by atoms with Crippen LogP contribution < -0.4 is 25.7 Å². The number of hydrogen-bond donors (Lipinski definition) is 2. The molecule has 0 saturated carbocycles. The van der Waals surface area contributed by atoms with Crippen molar-refractivity contribution in [2.24, 2.45) is 0 Å². The molecule has 1 unspecified atom stereocenters. The molecule has 38 heavy (non-hydrogen) atoms. The molecular formula is C26H30Cl2N6O4. The number of halogens is 2. The molecule has 0 radical (unpaired) electrons. The van der Waals surface area contributed by atoms with Crippen molar-refractivity contribution in [3.05, 3.63) is 51.4 Å². The van der Waals surface area contributed by atoms with Gasteiger partial charge in [-0.25, -0.2) is 4.98 Å². The van der Waals surface area contributed by atoms with E-state index in [1.54, 1.807) is 29.9 Å². The fourth-order valence-corrected chi connectivity index (χ4v) is 5.37. The van der Waals surface area contributed by atoms with Crippen LogP contribution in [0.4, 0.5) is 5.95 Å². The number of nitrogens with zero attached hydrogens (tertiary/aromatic N) is 4. The van der Waals surface area contributed by atoms with Crippen molar-refractivity contribution in [3.8, 4) is 22.6 Å². The zero-order valence-corrected chi connectivity index (χ0v) is 23.0. The maximum absolute atomic E-state index is 14.0. The maximum Gasteiger partial charge on any atom is 0.260 e. The summed E-state index contributed by atoms with van der Waals surface area (Å²) in [6.45, 7) is 5.97. The number of ether oxygens (including phenoxy) is 2. The number of carbonyl (C=O) groups excluding carboxylic acids is 1. The first-order valence-corrected chi connectivity index (χ1v) is 12.9. The van der Waals surface area contributed by atoms with Gasteiger partial charge in [-0.3, -0.25) is 19.1 Å². The van der Waals surface area contributed by atoms with Crippen LogP contribution in [-0.2, 0) is 11.3 Å². The predicted molar refractivity (Wildman–Crippen MR) is 150 cm³/mol. The number of benzene rings is 1. The lowest BCUT2D eigenvalue weighted by Gasteiger charge is -2.33. The highest BCUT2D eigenvalue weighted by Crippen LogP contribution is 2.45. The van der Waals surface area contributed by atoms with Crippen LogP contribution in [0.5, 0.6) is 11.5 Å². The summed E-state index contributed by atoms with van der Waals surface area (Å²) < 4.78 is 12.4. The van der Waals surface area contributed by atoms with Gasteiger partial charge in [-0.1, -0.05) is 29.8 Å². The molecule has 202 valence electrons. The minimum Gasteiger partial charge on any atom is -0.495 e. The Balaban J connectivity index is 1.78. The lowest BCUT2D eigenvalue weighted by Crippen LogP contribution is -2.48. The van der Waals surface area contributed by atoms with Crippen LogP contribution in [0.25, 0.3) is 22.2 Å². The number of rotatable bonds is 9. The van der Waals surface area contributed by atoms with Crippen LogP contribution in [-0.4, -0.2) is 72.3 Å². The fourth-order valence-electron chi connectivity index (χ4n) is 4.67. The summed E-state index contributed by atoms with van der Waals surface area (Å²) in [5.74, 6) is 0.863. The van der Waals surface area contributed by atoms with Crippen LogP contribution in [0.3, 0.4) is 0 Å². The van der Waals surface area contributed by atoms with Crippen molar-refractivity contribution >= 4 is 46.1 Å². The second-order valence-electron chi connectivity index (χ2n) is 8.87. The minimum absolute atomic E-state index is 0.0223. The van der Waals surface area contributed by atoms with Gasteiger partial charge in [-0.05, 0) is 31.5 Å². The lowest BCUT2D eigenvalue weighted by atomic mass is 10.0. The van der Waals surface area contributed by atoms with E-state index >= 15 is 0 Å². The maximum atomic E-state index is 14.0. The van der Waals surface area contributed by atoms with E-state index in [1.807, 2.05) is 0 Å². The Morgan fingerprint density at radius 3 is 2.55 bits per heavy atom. The van der Waals surface area contributed by atoms with Crippen molar-refractivity contribution in [1.29, 1.82) is 0 Å². The van der Waals surface area contributed by atoms with Gasteiger partial charge in [0.05, 0.1) is 29.8 Å². The Bertz CT molecular complexity index is 1400. The minimum atomic E-state index is -0.314. The zero-order valence-electron chi connectivity index (χ0n) is 21.5. The van der Waals surface area contributed by atoms with E-state index in [2.05, 4.69) is 32.1 Å². The highest BCUT2D eigenvalue weighted by Gasteiger charge is 2.25. The molecule has 0 aliphatic carbocycles. The summed E-state index contributed by atoms with van der Waals surface area (Å²) in [5, 5.41) is 6.93. The Morgan fingerprint density at radius 2 is 1.92 bits per heavy atom. The van der Waals surface area contributed by atoms with E-state index < -0.39 is 0 Å². The van der Waals surface area contributed by atoms with Gasteiger partial charge in [0.1, 0.15) is 17.1 Å². The van der Waals surface area contributed by atoms with Crippen molar-refractivity contribution in [2.75, 3.05) is 46.2 Å². The predicted octanol–water partition coefficient (Wildman–Crippen LogP) is 3.59. The molecule has 1 aromatic carbocycles. The average Bonchev–Trinajstić information content (AvgIpc) is 2.93. The normalized spacial score (nSPS) is 15.8. The molecule has 12 heteroatoms. The number of fused-ring (bicyclic) bond motifs is 1. The van der Waals surface area contributed by atoms with E-state index in [1.165, 1.54) is 20.3 Å². The monoisotopic (exact) mass is 560 g/mol. The molecule has 4 rings (SSSR count). The Labute approximate surface area is 230 Å². The average molecular weight is 561 g/mol. The number of hydrogen-bond acceptors (Lipinski definition) is 8. The van der Waals surface area contributed by atoms with Gasteiger partial charge < -0.3 is 20.1 Å². The van der Waals surface area contributed by atoms with Gasteiger partial charge in [0.25, 0.3) is 5.56 Å². The molecular weight excluding hydrogens is 531 g/mol. The Hall–Kier alpha value is -3.34. The Morgan fingerprint density at radius 1 is 1.21 bits per heavy atom. The number of methoxy groups -OCH3 is 2. The molecule has 2 aromatic heterocycles. The number of aromatic nitrogens is 3. The summed E-state index contributed by atoms with van der Waals surface area (Å²) in [5.41, 5.74) is 0.757. The molecule has 3 heterocycles. The first-order valence-electron chi connectivity index (χ1n) is 12.1. The largest absolute Gasteiger partial charge is 0.495 e.